The number of amides is 1. The van der Waals surface area contributed by atoms with Gasteiger partial charge in [-0.15, -0.1) is 11.3 Å². The van der Waals surface area contributed by atoms with E-state index in [-0.39, 0.29) is 12.3 Å². The third-order valence-electron chi connectivity index (χ3n) is 2.73. The lowest BCUT2D eigenvalue weighted by Gasteiger charge is -2.33. The van der Waals surface area contributed by atoms with Gasteiger partial charge in [0.05, 0.1) is 6.54 Å². The minimum absolute atomic E-state index is 0.274. The monoisotopic (exact) mass is 297 g/mol. The van der Waals surface area contributed by atoms with Crippen molar-refractivity contribution in [3.05, 3.63) is 21.9 Å². The number of carbonyl (C=O) groups is 3. The lowest BCUT2D eigenvalue weighted by Crippen LogP contribution is -2.47. The van der Waals surface area contributed by atoms with Gasteiger partial charge in [-0.2, -0.15) is 0 Å². The van der Waals surface area contributed by atoms with Crippen LogP contribution < -0.4 is 0 Å². The van der Waals surface area contributed by atoms with Gasteiger partial charge in [-0.3, -0.25) is 9.69 Å². The van der Waals surface area contributed by atoms with E-state index in [4.69, 9.17) is 4.74 Å². The van der Waals surface area contributed by atoms with Crippen LogP contribution in [-0.4, -0.2) is 40.0 Å². The average Bonchev–Trinajstić information content (AvgIpc) is 2.74. The molecule has 0 fully saturated rings. The van der Waals surface area contributed by atoms with Crippen molar-refractivity contribution in [2.75, 3.05) is 6.54 Å². The summed E-state index contributed by atoms with van der Waals surface area (Å²) in [5, 5.41) is 11.0. The Labute approximate surface area is 120 Å². The lowest BCUT2D eigenvalue weighted by molar-refractivity contribution is -0.143. The summed E-state index contributed by atoms with van der Waals surface area (Å²) in [7, 11) is 0. The molecule has 20 heavy (non-hydrogen) atoms. The van der Waals surface area contributed by atoms with E-state index in [0.717, 1.165) is 16.2 Å². The maximum atomic E-state index is 12.1. The van der Waals surface area contributed by atoms with Gasteiger partial charge in [0.1, 0.15) is 5.60 Å². The molecule has 0 radical (unpaired) electrons. The molecule has 2 heterocycles. The highest BCUT2D eigenvalue weighted by atomic mass is 32.1. The van der Waals surface area contributed by atoms with Crippen molar-refractivity contribution in [2.24, 2.45) is 0 Å². The number of fused-ring (bicyclic) bond motifs is 1. The van der Waals surface area contributed by atoms with E-state index in [9.17, 15) is 19.5 Å². The van der Waals surface area contributed by atoms with Crippen LogP contribution in [0.1, 0.15) is 42.0 Å². The number of rotatable bonds is 1. The van der Waals surface area contributed by atoms with Crippen LogP contribution in [0.4, 0.5) is 4.79 Å². The summed E-state index contributed by atoms with van der Waals surface area (Å²) in [5.74, 6) is -1.45. The molecule has 0 saturated carbocycles. The Bertz CT molecular complexity index is 572. The predicted octanol–water partition coefficient (Wildman–Crippen LogP) is 2.31. The van der Waals surface area contributed by atoms with Crippen molar-refractivity contribution in [3.63, 3.8) is 0 Å². The fraction of sp³-hybridized carbons (Fsp3) is 0.462. The highest BCUT2D eigenvalue weighted by Crippen LogP contribution is 2.35. The average molecular weight is 297 g/mol. The predicted molar refractivity (Wildman–Crippen MR) is 72.0 cm³/mol. The molecule has 1 aromatic rings. The van der Waals surface area contributed by atoms with E-state index < -0.39 is 23.7 Å². The number of Topliss-reactive ketones (excluding diaryl/α,β-unsaturated/α-hetero) is 1. The van der Waals surface area contributed by atoms with Crippen molar-refractivity contribution in [3.8, 4) is 0 Å². The van der Waals surface area contributed by atoms with Crippen molar-refractivity contribution in [1.82, 2.24) is 4.90 Å². The second-order valence-electron chi connectivity index (χ2n) is 5.47. The summed E-state index contributed by atoms with van der Waals surface area (Å²) >= 11 is 1.15. The van der Waals surface area contributed by atoms with Crippen LogP contribution in [-0.2, 0) is 9.53 Å². The molecule has 1 aliphatic rings. The smallest absolute Gasteiger partial charge is 0.411 e. The first-order valence-corrected chi connectivity index (χ1v) is 6.91. The molecule has 0 bridgehead atoms. The second kappa shape index (κ2) is 4.90. The molecule has 0 aliphatic carbocycles. The number of hydrogen-bond donors (Lipinski definition) is 1. The van der Waals surface area contributed by atoms with Crippen LogP contribution in [0, 0.1) is 0 Å². The normalized spacial score (nSPS) is 18.6. The zero-order valence-corrected chi connectivity index (χ0v) is 12.2. The number of aliphatic carboxylic acids is 1. The molecule has 1 atom stereocenters. The summed E-state index contributed by atoms with van der Waals surface area (Å²) in [6.45, 7) is 4.77. The Morgan fingerprint density at radius 3 is 2.65 bits per heavy atom. The first-order chi connectivity index (χ1) is 9.20. The fourth-order valence-electron chi connectivity index (χ4n) is 1.97. The van der Waals surface area contributed by atoms with Crippen LogP contribution in [0.25, 0.3) is 0 Å². The Morgan fingerprint density at radius 2 is 2.10 bits per heavy atom. The number of nitrogens with zero attached hydrogens (tertiary/aromatic N) is 1. The summed E-state index contributed by atoms with van der Waals surface area (Å²) in [5.41, 5.74) is -0.374. The van der Waals surface area contributed by atoms with E-state index in [2.05, 4.69) is 0 Å². The van der Waals surface area contributed by atoms with Gasteiger partial charge in [-0.25, -0.2) is 9.59 Å². The minimum Gasteiger partial charge on any atom is -0.479 e. The fourth-order valence-corrected chi connectivity index (χ4v) is 2.99. The molecule has 0 spiro atoms. The zero-order valence-electron chi connectivity index (χ0n) is 11.4. The van der Waals surface area contributed by atoms with E-state index in [1.165, 1.54) is 0 Å². The Morgan fingerprint density at radius 1 is 1.45 bits per heavy atom. The summed E-state index contributed by atoms with van der Waals surface area (Å²) in [6, 6.07) is 0.419. The first-order valence-electron chi connectivity index (χ1n) is 6.03. The van der Waals surface area contributed by atoms with Gasteiger partial charge in [0.2, 0.25) is 0 Å². The molecule has 1 aliphatic heterocycles. The number of ether oxygens (including phenoxy) is 1. The van der Waals surface area contributed by atoms with Crippen molar-refractivity contribution >= 4 is 29.2 Å². The maximum absolute atomic E-state index is 12.1. The molecule has 108 valence electrons. The van der Waals surface area contributed by atoms with Gasteiger partial charge in [-0.1, -0.05) is 0 Å². The van der Waals surface area contributed by atoms with Crippen LogP contribution in [0.2, 0.25) is 0 Å². The number of hydrogen-bond acceptors (Lipinski definition) is 5. The van der Waals surface area contributed by atoms with E-state index in [0.29, 0.717) is 10.4 Å². The minimum atomic E-state index is -1.17. The van der Waals surface area contributed by atoms with Gasteiger partial charge in [-0.05, 0) is 32.2 Å². The SMILES string of the molecule is CC(C)(C)OC(=O)N1CC(=O)c2ccsc2C1C(=O)O. The molecule has 1 unspecified atom stereocenters. The summed E-state index contributed by atoms with van der Waals surface area (Å²) in [4.78, 5) is 36.8. The van der Waals surface area contributed by atoms with Crippen LogP contribution in [0.3, 0.4) is 0 Å². The van der Waals surface area contributed by atoms with Gasteiger partial charge in [0.15, 0.2) is 11.8 Å². The lowest BCUT2D eigenvalue weighted by atomic mass is 10.0. The summed E-state index contributed by atoms with van der Waals surface area (Å²) in [6.07, 6.45) is -0.794. The highest BCUT2D eigenvalue weighted by molar-refractivity contribution is 7.10. The maximum Gasteiger partial charge on any atom is 0.411 e. The highest BCUT2D eigenvalue weighted by Gasteiger charge is 2.42. The number of carbonyl (C=O) groups excluding carboxylic acids is 2. The molecule has 1 amide bonds. The third kappa shape index (κ3) is 2.67. The quantitative estimate of drug-likeness (QED) is 0.860. The summed E-state index contributed by atoms with van der Waals surface area (Å²) < 4.78 is 5.17. The van der Waals surface area contributed by atoms with Crippen molar-refractivity contribution in [1.29, 1.82) is 0 Å². The van der Waals surface area contributed by atoms with E-state index >= 15 is 0 Å². The second-order valence-corrected chi connectivity index (χ2v) is 6.42. The molecular weight excluding hydrogens is 282 g/mol. The van der Waals surface area contributed by atoms with Crippen molar-refractivity contribution in [2.45, 2.75) is 32.4 Å². The van der Waals surface area contributed by atoms with Gasteiger partial charge in [0, 0.05) is 10.4 Å². The molecule has 1 N–H and O–H groups in total. The molecular formula is C13H15NO5S. The van der Waals surface area contributed by atoms with Gasteiger partial charge in [0.25, 0.3) is 0 Å². The van der Waals surface area contributed by atoms with Crippen LogP contribution in [0.5, 0.6) is 0 Å². The molecule has 7 heteroatoms. The number of carboxylic acid groups (broad SMARTS) is 1. The van der Waals surface area contributed by atoms with Gasteiger partial charge >= 0.3 is 12.1 Å². The number of thiophene rings is 1. The topological polar surface area (TPSA) is 83.9 Å². The molecule has 0 aromatic carbocycles. The van der Waals surface area contributed by atoms with Gasteiger partial charge < -0.3 is 9.84 Å². The van der Waals surface area contributed by atoms with Crippen molar-refractivity contribution < 1.29 is 24.2 Å². The van der Waals surface area contributed by atoms with Crippen LogP contribution in [0.15, 0.2) is 11.4 Å². The Kier molecular flexibility index (Phi) is 3.56. The molecule has 2 rings (SSSR count). The van der Waals surface area contributed by atoms with E-state index in [1.54, 1.807) is 32.2 Å². The largest absolute Gasteiger partial charge is 0.479 e. The molecule has 1 aromatic heterocycles. The van der Waals surface area contributed by atoms with E-state index in [1.807, 2.05) is 0 Å². The standard InChI is InChI=1S/C13H15NO5S/c1-13(2,3)19-12(18)14-6-8(15)7-4-5-20-10(7)9(14)11(16)17/h4-5,9H,6H2,1-3H3,(H,16,17). The molecule has 0 saturated heterocycles. The van der Waals surface area contributed by atoms with Crippen LogP contribution >= 0.6 is 11.3 Å². The molecule has 6 nitrogen and oxygen atoms in total. The number of ketones is 1. The first kappa shape index (κ1) is 14.5. The zero-order chi connectivity index (χ0) is 15.1. The third-order valence-corrected chi connectivity index (χ3v) is 3.70. The number of carboxylic acids is 1. The Hall–Kier alpha value is -1.89. The Balaban J connectivity index is 2.36.